The summed E-state index contributed by atoms with van der Waals surface area (Å²) >= 11 is 1.62. The van der Waals surface area contributed by atoms with Crippen molar-refractivity contribution < 1.29 is 19.5 Å². The fourth-order valence-corrected chi connectivity index (χ4v) is 7.97. The third-order valence-corrected chi connectivity index (χ3v) is 8.91. The zero-order valence-electron chi connectivity index (χ0n) is 17.2. The Morgan fingerprint density at radius 1 is 1.19 bits per heavy atom. The maximum atomic E-state index is 13.6. The van der Waals surface area contributed by atoms with Crippen molar-refractivity contribution in [2.45, 2.75) is 28.9 Å². The van der Waals surface area contributed by atoms with E-state index in [1.807, 2.05) is 42.5 Å². The Bertz CT molecular complexity index is 1080. The van der Waals surface area contributed by atoms with Gasteiger partial charge in [0, 0.05) is 24.5 Å². The molecule has 0 aliphatic carbocycles. The van der Waals surface area contributed by atoms with Gasteiger partial charge in [-0.15, -0.1) is 11.8 Å². The lowest BCUT2D eigenvalue weighted by atomic mass is 9.71. The number of nitrogens with one attached hydrogen (secondary N) is 2. The van der Waals surface area contributed by atoms with Gasteiger partial charge in [-0.3, -0.25) is 14.4 Å². The van der Waals surface area contributed by atoms with Crippen molar-refractivity contribution in [3.05, 3.63) is 42.5 Å². The first-order chi connectivity index (χ1) is 15.0. The number of amides is 3. The van der Waals surface area contributed by atoms with E-state index < -0.39 is 22.6 Å². The minimum atomic E-state index is -0.715. The molecular formula is C23H25N3O4S. The number of nitrogens with zero attached hydrogens (tertiary/aromatic N) is 1. The maximum absolute atomic E-state index is 13.6. The van der Waals surface area contributed by atoms with Crippen molar-refractivity contribution in [1.82, 2.24) is 10.2 Å². The number of anilines is 1. The van der Waals surface area contributed by atoms with Crippen LogP contribution in [0.4, 0.5) is 5.69 Å². The summed E-state index contributed by atoms with van der Waals surface area (Å²) in [6, 6.07) is 12.9. The van der Waals surface area contributed by atoms with E-state index in [0.29, 0.717) is 12.1 Å². The van der Waals surface area contributed by atoms with Gasteiger partial charge in [-0.05, 0) is 35.7 Å². The number of β-amino-alcohol motifs (C(OH)–C–C–N with tert-alkyl or cyclic N) is 1. The second kappa shape index (κ2) is 7.53. The highest BCUT2D eigenvalue weighted by Gasteiger charge is 2.73. The standard InChI is InChI=1S/C23H25N3O4S/c1-24-20(28)17-16-8-9-23(31-16)18(17)22(30)26(10-11-27)19(23)21(29)25-15-7-6-13-4-2-3-5-14(13)12-15/h2-7,12,16-19,27H,8-11H2,1H3,(H,24,28)(H,25,29)/t16-,17+,18-,19?,23?/m0/s1. The quantitative estimate of drug-likeness (QED) is 0.658. The van der Waals surface area contributed by atoms with Gasteiger partial charge in [0.25, 0.3) is 0 Å². The molecule has 3 heterocycles. The molecule has 2 bridgehead atoms. The number of fused-ring (bicyclic) bond motifs is 2. The predicted molar refractivity (Wildman–Crippen MR) is 120 cm³/mol. The molecule has 2 aromatic rings. The number of benzene rings is 2. The van der Waals surface area contributed by atoms with Gasteiger partial charge in [0.15, 0.2) is 0 Å². The smallest absolute Gasteiger partial charge is 0.248 e. The van der Waals surface area contributed by atoms with E-state index in [0.717, 1.165) is 17.2 Å². The van der Waals surface area contributed by atoms with E-state index in [1.54, 1.807) is 18.8 Å². The van der Waals surface area contributed by atoms with Crippen LogP contribution in [0.15, 0.2) is 42.5 Å². The Balaban J connectivity index is 1.49. The van der Waals surface area contributed by atoms with Crippen molar-refractivity contribution in [3.63, 3.8) is 0 Å². The van der Waals surface area contributed by atoms with Crippen molar-refractivity contribution in [2.24, 2.45) is 11.8 Å². The van der Waals surface area contributed by atoms with Crippen molar-refractivity contribution in [3.8, 4) is 0 Å². The van der Waals surface area contributed by atoms with Gasteiger partial charge < -0.3 is 20.6 Å². The molecule has 3 saturated heterocycles. The first kappa shape index (κ1) is 20.3. The Hall–Kier alpha value is -2.58. The second-order valence-corrected chi connectivity index (χ2v) is 10.1. The molecule has 5 rings (SSSR count). The van der Waals surface area contributed by atoms with Gasteiger partial charge >= 0.3 is 0 Å². The molecule has 3 N–H and O–H groups in total. The monoisotopic (exact) mass is 439 g/mol. The van der Waals surface area contributed by atoms with Crippen LogP contribution in [0.25, 0.3) is 10.8 Å². The van der Waals surface area contributed by atoms with Gasteiger partial charge in [0.05, 0.1) is 23.2 Å². The van der Waals surface area contributed by atoms with E-state index in [-0.39, 0.29) is 36.1 Å². The molecule has 3 amide bonds. The number of carbonyl (C=O) groups is 3. The van der Waals surface area contributed by atoms with E-state index in [9.17, 15) is 19.5 Å². The summed E-state index contributed by atoms with van der Waals surface area (Å²) in [6.45, 7) is -0.147. The fourth-order valence-electron chi connectivity index (χ4n) is 5.75. The van der Waals surface area contributed by atoms with Crippen LogP contribution in [-0.4, -0.2) is 64.0 Å². The molecule has 162 valence electrons. The summed E-state index contributed by atoms with van der Waals surface area (Å²) in [5.41, 5.74) is 0.667. The van der Waals surface area contributed by atoms with Crippen molar-refractivity contribution in [2.75, 3.05) is 25.5 Å². The number of likely N-dealkylation sites (tertiary alicyclic amines) is 1. The normalized spacial score (nSPS) is 31.2. The van der Waals surface area contributed by atoms with Crippen LogP contribution in [0.1, 0.15) is 12.8 Å². The Kier molecular flexibility index (Phi) is 4.94. The molecule has 0 aromatic heterocycles. The first-order valence-electron chi connectivity index (χ1n) is 10.6. The molecule has 1 spiro atoms. The summed E-state index contributed by atoms with van der Waals surface area (Å²) in [7, 11) is 1.58. The Labute approximate surface area is 184 Å². The van der Waals surface area contributed by atoms with Crippen LogP contribution < -0.4 is 10.6 Å². The predicted octanol–water partition coefficient (Wildman–Crippen LogP) is 1.61. The molecule has 2 unspecified atom stereocenters. The Morgan fingerprint density at radius 3 is 2.71 bits per heavy atom. The molecular weight excluding hydrogens is 414 g/mol. The topological polar surface area (TPSA) is 98.7 Å². The molecule has 8 heteroatoms. The summed E-state index contributed by atoms with van der Waals surface area (Å²) in [5.74, 6) is -1.57. The molecule has 0 radical (unpaired) electrons. The van der Waals surface area contributed by atoms with E-state index in [1.165, 1.54) is 4.90 Å². The number of carbonyl (C=O) groups excluding carboxylic acids is 3. The number of hydrogen-bond acceptors (Lipinski definition) is 5. The van der Waals surface area contributed by atoms with Gasteiger partial charge in [-0.25, -0.2) is 0 Å². The molecule has 7 nitrogen and oxygen atoms in total. The summed E-state index contributed by atoms with van der Waals surface area (Å²) in [4.78, 5) is 41.0. The van der Waals surface area contributed by atoms with Crippen LogP contribution in [0.3, 0.4) is 0 Å². The minimum Gasteiger partial charge on any atom is -0.395 e. The molecule has 3 aliphatic rings. The molecule has 2 aromatic carbocycles. The summed E-state index contributed by atoms with van der Waals surface area (Å²) in [6.07, 6.45) is 1.52. The van der Waals surface area contributed by atoms with Crippen LogP contribution in [-0.2, 0) is 14.4 Å². The average molecular weight is 440 g/mol. The second-order valence-electron chi connectivity index (χ2n) is 8.48. The third kappa shape index (κ3) is 2.96. The molecule has 0 saturated carbocycles. The first-order valence-corrected chi connectivity index (χ1v) is 11.5. The van der Waals surface area contributed by atoms with E-state index >= 15 is 0 Å². The minimum absolute atomic E-state index is 0.0427. The third-order valence-electron chi connectivity index (χ3n) is 6.96. The van der Waals surface area contributed by atoms with Crippen molar-refractivity contribution >= 4 is 45.9 Å². The van der Waals surface area contributed by atoms with Crippen LogP contribution >= 0.6 is 11.8 Å². The lowest BCUT2D eigenvalue weighted by Crippen LogP contribution is -2.52. The lowest BCUT2D eigenvalue weighted by Gasteiger charge is -2.34. The molecule has 3 fully saturated rings. The van der Waals surface area contributed by atoms with E-state index in [2.05, 4.69) is 10.6 Å². The van der Waals surface area contributed by atoms with Gasteiger partial charge in [0.2, 0.25) is 17.7 Å². The lowest BCUT2D eigenvalue weighted by molar-refractivity contribution is -0.139. The number of aliphatic hydroxyl groups excluding tert-OH is 1. The van der Waals surface area contributed by atoms with Gasteiger partial charge in [-0.2, -0.15) is 0 Å². The number of rotatable bonds is 5. The highest BCUT2D eigenvalue weighted by molar-refractivity contribution is 8.02. The highest BCUT2D eigenvalue weighted by Crippen LogP contribution is 2.66. The molecule has 5 atom stereocenters. The van der Waals surface area contributed by atoms with Crippen LogP contribution in [0.2, 0.25) is 0 Å². The van der Waals surface area contributed by atoms with Gasteiger partial charge in [-0.1, -0.05) is 30.3 Å². The fraction of sp³-hybridized carbons (Fsp3) is 0.435. The zero-order valence-corrected chi connectivity index (χ0v) is 18.0. The zero-order chi connectivity index (χ0) is 21.8. The average Bonchev–Trinajstić information content (AvgIpc) is 3.41. The van der Waals surface area contributed by atoms with E-state index in [4.69, 9.17) is 0 Å². The van der Waals surface area contributed by atoms with Crippen LogP contribution in [0, 0.1) is 11.8 Å². The Morgan fingerprint density at radius 2 is 1.97 bits per heavy atom. The SMILES string of the molecule is CNC(=O)[C@@H]1[C@@H]2CCC3(S2)C(C(=O)Nc2ccc4ccccc4c2)N(CCO)C(=O)[C@H]13. The molecule has 31 heavy (non-hydrogen) atoms. The molecule has 3 aliphatic heterocycles. The number of aliphatic hydroxyl groups is 1. The highest BCUT2D eigenvalue weighted by atomic mass is 32.2. The summed E-state index contributed by atoms with van der Waals surface area (Å²) < 4.78 is -0.630. The number of thioether (sulfide) groups is 1. The van der Waals surface area contributed by atoms with Gasteiger partial charge in [0.1, 0.15) is 6.04 Å². The number of hydrogen-bond donors (Lipinski definition) is 3. The van der Waals surface area contributed by atoms with Crippen molar-refractivity contribution in [1.29, 1.82) is 0 Å². The largest absolute Gasteiger partial charge is 0.395 e. The van der Waals surface area contributed by atoms with Crippen LogP contribution in [0.5, 0.6) is 0 Å². The maximum Gasteiger partial charge on any atom is 0.248 e. The summed E-state index contributed by atoms with van der Waals surface area (Å²) in [5, 5.41) is 17.4.